The molecule has 0 N–H and O–H groups in total. The van der Waals surface area contributed by atoms with E-state index in [-0.39, 0.29) is 18.3 Å². The Labute approximate surface area is 135 Å². The number of amides is 1. The van der Waals surface area contributed by atoms with E-state index >= 15 is 0 Å². The van der Waals surface area contributed by atoms with Gasteiger partial charge in [0.1, 0.15) is 6.54 Å². The lowest BCUT2D eigenvalue weighted by molar-refractivity contribution is -0.138. The molecule has 0 saturated carbocycles. The summed E-state index contributed by atoms with van der Waals surface area (Å²) in [6.45, 7) is 1.94. The highest BCUT2D eigenvalue weighted by Crippen LogP contribution is 2.30. The predicted octanol–water partition coefficient (Wildman–Crippen LogP) is 1.22. The maximum Gasteiger partial charge on any atom is 0.416 e. The van der Waals surface area contributed by atoms with Crippen LogP contribution in [0.5, 0.6) is 0 Å². The number of halogens is 3. The number of aromatic nitrogens is 4. The molecule has 1 aromatic heterocycles. The molecule has 1 aliphatic heterocycles. The predicted molar refractivity (Wildman–Crippen MR) is 75.7 cm³/mol. The van der Waals surface area contributed by atoms with Gasteiger partial charge in [0, 0.05) is 18.7 Å². The Morgan fingerprint density at radius 3 is 2.46 bits per heavy atom. The zero-order valence-corrected chi connectivity index (χ0v) is 12.5. The second kappa shape index (κ2) is 6.56. The monoisotopic (exact) mass is 341 g/mol. The zero-order chi connectivity index (χ0) is 17.2. The Kier molecular flexibility index (Phi) is 4.47. The van der Waals surface area contributed by atoms with Crippen LogP contribution in [0, 0.1) is 0 Å². The van der Waals surface area contributed by atoms with E-state index in [0.717, 1.165) is 16.9 Å². The van der Waals surface area contributed by atoms with Gasteiger partial charge in [-0.2, -0.15) is 18.0 Å². The molecule has 1 aliphatic rings. The van der Waals surface area contributed by atoms with Crippen molar-refractivity contribution in [2.45, 2.75) is 12.7 Å². The van der Waals surface area contributed by atoms with Gasteiger partial charge < -0.3 is 9.64 Å². The summed E-state index contributed by atoms with van der Waals surface area (Å²) in [6.07, 6.45) is -4.39. The van der Waals surface area contributed by atoms with E-state index in [1.807, 2.05) is 0 Å². The van der Waals surface area contributed by atoms with Crippen LogP contribution in [-0.2, 0) is 22.3 Å². The molecule has 0 bridgehead atoms. The lowest BCUT2D eigenvalue weighted by atomic mass is 10.1. The molecule has 1 fully saturated rings. The first-order chi connectivity index (χ1) is 11.4. The number of benzene rings is 1. The van der Waals surface area contributed by atoms with E-state index in [2.05, 4.69) is 15.4 Å². The quantitative estimate of drug-likeness (QED) is 0.839. The topological polar surface area (TPSA) is 73.1 Å². The Bertz CT molecular complexity index is 708. The van der Waals surface area contributed by atoms with Crippen molar-refractivity contribution >= 4 is 5.91 Å². The van der Waals surface area contributed by atoms with Crippen LogP contribution in [0.25, 0.3) is 11.4 Å². The van der Waals surface area contributed by atoms with Crippen molar-refractivity contribution in [2.75, 3.05) is 26.3 Å². The molecule has 0 spiro atoms. The van der Waals surface area contributed by atoms with E-state index in [1.165, 1.54) is 12.1 Å². The van der Waals surface area contributed by atoms with E-state index in [0.29, 0.717) is 31.9 Å². The third-order valence-corrected chi connectivity index (χ3v) is 3.56. The summed E-state index contributed by atoms with van der Waals surface area (Å²) in [7, 11) is 0. The number of alkyl halides is 3. The summed E-state index contributed by atoms with van der Waals surface area (Å²) < 4.78 is 42.8. The van der Waals surface area contributed by atoms with Crippen LogP contribution in [0.15, 0.2) is 24.3 Å². The molecule has 24 heavy (non-hydrogen) atoms. The molecular weight excluding hydrogens is 327 g/mol. The summed E-state index contributed by atoms with van der Waals surface area (Å²) in [5.41, 5.74) is -0.353. The molecule has 0 radical (unpaired) electrons. The first kappa shape index (κ1) is 16.4. The number of carbonyl (C=O) groups excluding carboxylic acids is 1. The molecule has 0 unspecified atom stereocenters. The highest BCUT2D eigenvalue weighted by molar-refractivity contribution is 5.75. The van der Waals surface area contributed by atoms with Gasteiger partial charge in [0.05, 0.1) is 18.8 Å². The highest BCUT2D eigenvalue weighted by Gasteiger charge is 2.30. The number of morpholine rings is 1. The fourth-order valence-corrected chi connectivity index (χ4v) is 2.27. The van der Waals surface area contributed by atoms with Crippen molar-refractivity contribution in [1.29, 1.82) is 0 Å². The number of carbonyl (C=O) groups is 1. The Hall–Kier alpha value is -2.49. The van der Waals surface area contributed by atoms with E-state index < -0.39 is 11.7 Å². The van der Waals surface area contributed by atoms with Crippen molar-refractivity contribution in [3.8, 4) is 11.4 Å². The number of nitrogens with zero attached hydrogens (tertiary/aromatic N) is 5. The molecule has 128 valence electrons. The van der Waals surface area contributed by atoms with Gasteiger partial charge in [-0.3, -0.25) is 4.79 Å². The zero-order valence-electron chi connectivity index (χ0n) is 12.5. The molecule has 10 heteroatoms. The Balaban J connectivity index is 1.67. The molecule has 1 saturated heterocycles. The summed E-state index contributed by atoms with van der Waals surface area (Å²) in [6, 6.07) is 4.45. The van der Waals surface area contributed by atoms with Crippen LogP contribution in [0.1, 0.15) is 5.56 Å². The smallest absolute Gasteiger partial charge is 0.378 e. The summed E-state index contributed by atoms with van der Waals surface area (Å²) in [5.74, 6) is 0.00757. The van der Waals surface area contributed by atoms with Gasteiger partial charge in [0.15, 0.2) is 0 Å². The molecular formula is C14H14F3N5O2. The van der Waals surface area contributed by atoms with Gasteiger partial charge in [-0.25, -0.2) is 0 Å². The first-order valence-electron chi connectivity index (χ1n) is 7.24. The largest absolute Gasteiger partial charge is 0.416 e. The Morgan fingerprint density at radius 2 is 1.83 bits per heavy atom. The minimum absolute atomic E-state index is 0.0758. The van der Waals surface area contributed by atoms with Crippen LogP contribution in [-0.4, -0.2) is 57.3 Å². The lowest BCUT2D eigenvalue weighted by Crippen LogP contribution is -2.42. The maximum atomic E-state index is 12.5. The molecule has 1 amide bonds. The average molecular weight is 341 g/mol. The van der Waals surface area contributed by atoms with Gasteiger partial charge in [-0.1, -0.05) is 12.1 Å². The number of ether oxygens (including phenoxy) is 1. The minimum Gasteiger partial charge on any atom is -0.378 e. The first-order valence-corrected chi connectivity index (χ1v) is 7.24. The van der Waals surface area contributed by atoms with Gasteiger partial charge in [0.2, 0.25) is 11.7 Å². The molecule has 3 rings (SSSR count). The van der Waals surface area contributed by atoms with Crippen molar-refractivity contribution in [1.82, 2.24) is 25.1 Å². The normalized spacial score (nSPS) is 15.5. The molecule has 2 aromatic rings. The fourth-order valence-electron chi connectivity index (χ4n) is 2.27. The fraction of sp³-hybridized carbons (Fsp3) is 0.429. The van der Waals surface area contributed by atoms with E-state index in [4.69, 9.17) is 4.74 Å². The standard InChI is InChI=1S/C14H14F3N5O2/c15-14(16,17)11-3-1-10(2-4-11)13-18-20-22(19-13)9-12(23)21-5-7-24-8-6-21/h1-4H,5-9H2. The van der Waals surface area contributed by atoms with Crippen molar-refractivity contribution in [3.05, 3.63) is 29.8 Å². The van der Waals surface area contributed by atoms with Gasteiger partial charge in [-0.15, -0.1) is 10.2 Å². The number of rotatable bonds is 3. The third kappa shape index (κ3) is 3.70. The van der Waals surface area contributed by atoms with E-state index in [9.17, 15) is 18.0 Å². The van der Waals surface area contributed by atoms with Crippen LogP contribution in [0.2, 0.25) is 0 Å². The van der Waals surface area contributed by atoms with Gasteiger partial charge in [0.25, 0.3) is 0 Å². The summed E-state index contributed by atoms with van der Waals surface area (Å²) >= 11 is 0. The highest BCUT2D eigenvalue weighted by atomic mass is 19.4. The lowest BCUT2D eigenvalue weighted by Gasteiger charge is -2.26. The summed E-state index contributed by atoms with van der Waals surface area (Å²) in [5, 5.41) is 11.6. The van der Waals surface area contributed by atoms with Crippen LogP contribution in [0.3, 0.4) is 0 Å². The second-order valence-electron chi connectivity index (χ2n) is 5.21. The maximum absolute atomic E-state index is 12.5. The molecule has 2 heterocycles. The average Bonchev–Trinajstić information content (AvgIpc) is 3.03. The van der Waals surface area contributed by atoms with Gasteiger partial charge >= 0.3 is 6.18 Å². The minimum atomic E-state index is -4.39. The Morgan fingerprint density at radius 1 is 1.17 bits per heavy atom. The molecule has 0 aliphatic carbocycles. The SMILES string of the molecule is O=C(Cn1nnc(-c2ccc(C(F)(F)F)cc2)n1)N1CCOCC1. The molecule has 7 nitrogen and oxygen atoms in total. The summed E-state index contributed by atoms with van der Waals surface area (Å²) in [4.78, 5) is 14.9. The number of hydrogen-bond acceptors (Lipinski definition) is 5. The van der Waals surface area contributed by atoms with Gasteiger partial charge in [-0.05, 0) is 17.3 Å². The van der Waals surface area contributed by atoms with E-state index in [1.54, 1.807) is 4.90 Å². The van der Waals surface area contributed by atoms with Crippen molar-refractivity contribution < 1.29 is 22.7 Å². The third-order valence-electron chi connectivity index (χ3n) is 3.56. The van der Waals surface area contributed by atoms with Crippen LogP contribution in [0.4, 0.5) is 13.2 Å². The van der Waals surface area contributed by atoms with Crippen molar-refractivity contribution in [3.63, 3.8) is 0 Å². The number of hydrogen-bond donors (Lipinski definition) is 0. The number of tetrazole rings is 1. The van der Waals surface area contributed by atoms with Crippen LogP contribution < -0.4 is 0 Å². The molecule has 0 atom stereocenters. The molecule has 1 aromatic carbocycles. The van der Waals surface area contributed by atoms with Crippen LogP contribution >= 0.6 is 0 Å². The second-order valence-corrected chi connectivity index (χ2v) is 5.21. The van der Waals surface area contributed by atoms with Crippen molar-refractivity contribution in [2.24, 2.45) is 0 Å².